The first-order chi connectivity index (χ1) is 7.75. The Bertz CT molecular complexity index is 320. The van der Waals surface area contributed by atoms with E-state index in [4.69, 9.17) is 0 Å². The zero-order valence-corrected chi connectivity index (χ0v) is 12.2. The lowest BCUT2D eigenvalue weighted by molar-refractivity contribution is 0.0682. The van der Waals surface area contributed by atoms with E-state index < -0.39 is 0 Å². The highest BCUT2D eigenvalue weighted by Crippen LogP contribution is 2.36. The first-order valence-corrected chi connectivity index (χ1v) is 6.81. The van der Waals surface area contributed by atoms with Gasteiger partial charge in [-0.3, -0.25) is 0 Å². The minimum atomic E-state index is -0.264. The Labute approximate surface area is 107 Å². The van der Waals surface area contributed by atoms with Crippen LogP contribution in [0.3, 0.4) is 0 Å². The van der Waals surface area contributed by atoms with Crippen molar-refractivity contribution in [3.8, 4) is 0 Å². The summed E-state index contributed by atoms with van der Waals surface area (Å²) < 4.78 is 0. The quantitative estimate of drug-likeness (QED) is 0.773. The van der Waals surface area contributed by atoms with E-state index in [0.717, 1.165) is 12.3 Å². The first-order valence-electron chi connectivity index (χ1n) is 6.81. The fourth-order valence-corrected chi connectivity index (χ4v) is 2.24. The average molecular weight is 236 g/mol. The van der Waals surface area contributed by atoms with Crippen LogP contribution in [0.1, 0.15) is 54.4 Å². The number of aliphatic hydroxyl groups is 1. The molecular formula is C16H28O. The minimum Gasteiger partial charge on any atom is -0.393 e. The maximum Gasteiger partial charge on any atom is 0.0565 e. The summed E-state index contributed by atoms with van der Waals surface area (Å²) in [7, 11) is 0. The Morgan fingerprint density at radius 1 is 1.47 bits per heavy atom. The summed E-state index contributed by atoms with van der Waals surface area (Å²) in [6.45, 7) is 13.0. The molecule has 0 heterocycles. The Kier molecular flexibility index (Phi) is 4.60. The standard InChI is InChI=1S/C16H28O/c1-11-7-8-12(2)15(13(11)3)9-10-16(5,6)14(4)17/h8-9,11,13-14,17H,7,10H2,1-6H3/b15-9-. The van der Waals surface area contributed by atoms with Crippen LogP contribution >= 0.6 is 0 Å². The van der Waals surface area contributed by atoms with Gasteiger partial charge in [-0.2, -0.15) is 0 Å². The van der Waals surface area contributed by atoms with Gasteiger partial charge in [-0.05, 0) is 49.5 Å². The molecule has 0 fully saturated rings. The molecule has 0 aromatic rings. The SMILES string of the molecule is CC1=CCC(C)C(C)/C1=C\CC(C)(C)C(C)O. The van der Waals surface area contributed by atoms with Crippen LogP contribution < -0.4 is 0 Å². The van der Waals surface area contributed by atoms with Crippen LogP contribution in [0.2, 0.25) is 0 Å². The number of rotatable bonds is 3. The number of hydrogen-bond acceptors (Lipinski definition) is 1. The Morgan fingerprint density at radius 3 is 2.59 bits per heavy atom. The largest absolute Gasteiger partial charge is 0.393 e. The molecule has 0 spiro atoms. The predicted octanol–water partition coefficient (Wildman–Crippen LogP) is 4.33. The zero-order chi connectivity index (χ0) is 13.2. The highest BCUT2D eigenvalue weighted by molar-refractivity contribution is 5.34. The van der Waals surface area contributed by atoms with E-state index in [1.807, 2.05) is 6.92 Å². The van der Waals surface area contributed by atoms with Crippen molar-refractivity contribution in [3.05, 3.63) is 23.3 Å². The number of allylic oxidation sites excluding steroid dienone is 4. The molecule has 1 heteroatoms. The molecule has 1 N–H and O–H groups in total. The molecule has 1 aliphatic carbocycles. The van der Waals surface area contributed by atoms with Crippen LogP contribution in [0, 0.1) is 17.3 Å². The van der Waals surface area contributed by atoms with Crippen LogP contribution in [0.15, 0.2) is 23.3 Å². The summed E-state index contributed by atoms with van der Waals surface area (Å²) in [5, 5.41) is 9.75. The van der Waals surface area contributed by atoms with Gasteiger partial charge in [0.05, 0.1) is 6.10 Å². The predicted molar refractivity (Wildman–Crippen MR) is 74.9 cm³/mol. The smallest absolute Gasteiger partial charge is 0.0565 e. The van der Waals surface area contributed by atoms with Crippen molar-refractivity contribution in [2.45, 2.75) is 60.5 Å². The van der Waals surface area contributed by atoms with Gasteiger partial charge in [0, 0.05) is 0 Å². The third-order valence-corrected chi connectivity index (χ3v) is 4.57. The Balaban J connectivity index is 2.84. The Hall–Kier alpha value is -0.560. The van der Waals surface area contributed by atoms with E-state index in [1.54, 1.807) is 0 Å². The third-order valence-electron chi connectivity index (χ3n) is 4.57. The van der Waals surface area contributed by atoms with Crippen molar-refractivity contribution >= 4 is 0 Å². The lowest BCUT2D eigenvalue weighted by Crippen LogP contribution is -2.26. The molecule has 3 unspecified atom stereocenters. The second-order valence-electron chi connectivity index (χ2n) is 6.42. The summed E-state index contributed by atoms with van der Waals surface area (Å²) >= 11 is 0. The van der Waals surface area contributed by atoms with Crippen molar-refractivity contribution in [1.82, 2.24) is 0 Å². The monoisotopic (exact) mass is 236 g/mol. The van der Waals surface area contributed by atoms with Gasteiger partial charge in [-0.15, -0.1) is 0 Å². The Morgan fingerprint density at radius 2 is 2.06 bits per heavy atom. The van der Waals surface area contributed by atoms with Gasteiger partial charge in [-0.25, -0.2) is 0 Å². The lowest BCUT2D eigenvalue weighted by Gasteiger charge is -2.31. The summed E-state index contributed by atoms with van der Waals surface area (Å²) in [5.41, 5.74) is 2.88. The van der Waals surface area contributed by atoms with Crippen molar-refractivity contribution in [2.24, 2.45) is 17.3 Å². The van der Waals surface area contributed by atoms with E-state index in [1.165, 1.54) is 17.6 Å². The topological polar surface area (TPSA) is 20.2 Å². The van der Waals surface area contributed by atoms with E-state index in [0.29, 0.717) is 5.92 Å². The molecular weight excluding hydrogens is 208 g/mol. The fraction of sp³-hybridized carbons (Fsp3) is 0.750. The molecule has 0 aromatic heterocycles. The molecule has 0 aromatic carbocycles. The van der Waals surface area contributed by atoms with Gasteiger partial charge >= 0.3 is 0 Å². The molecule has 1 rings (SSSR count). The van der Waals surface area contributed by atoms with E-state index in [9.17, 15) is 5.11 Å². The molecule has 98 valence electrons. The molecule has 17 heavy (non-hydrogen) atoms. The molecule has 1 nitrogen and oxygen atoms in total. The fourth-order valence-electron chi connectivity index (χ4n) is 2.24. The second kappa shape index (κ2) is 5.39. The second-order valence-corrected chi connectivity index (χ2v) is 6.42. The molecule has 3 atom stereocenters. The average Bonchev–Trinajstić information content (AvgIpc) is 2.23. The van der Waals surface area contributed by atoms with Gasteiger partial charge in [0.25, 0.3) is 0 Å². The van der Waals surface area contributed by atoms with Crippen LogP contribution in [0.4, 0.5) is 0 Å². The minimum absolute atomic E-state index is 0.0340. The van der Waals surface area contributed by atoms with Crippen LogP contribution in [0.25, 0.3) is 0 Å². The van der Waals surface area contributed by atoms with Crippen molar-refractivity contribution < 1.29 is 5.11 Å². The van der Waals surface area contributed by atoms with Crippen molar-refractivity contribution in [1.29, 1.82) is 0 Å². The number of aliphatic hydroxyl groups excluding tert-OH is 1. The molecule has 0 bridgehead atoms. The highest BCUT2D eigenvalue weighted by atomic mass is 16.3. The lowest BCUT2D eigenvalue weighted by atomic mass is 9.76. The van der Waals surface area contributed by atoms with Crippen molar-refractivity contribution in [2.75, 3.05) is 0 Å². The van der Waals surface area contributed by atoms with Gasteiger partial charge in [-0.1, -0.05) is 45.4 Å². The highest BCUT2D eigenvalue weighted by Gasteiger charge is 2.25. The summed E-state index contributed by atoms with van der Waals surface area (Å²) in [4.78, 5) is 0. The maximum absolute atomic E-state index is 9.75. The molecule has 1 aliphatic rings. The van der Waals surface area contributed by atoms with E-state index in [2.05, 4.69) is 46.8 Å². The zero-order valence-electron chi connectivity index (χ0n) is 12.2. The molecule has 0 aliphatic heterocycles. The van der Waals surface area contributed by atoms with Gasteiger partial charge < -0.3 is 5.11 Å². The van der Waals surface area contributed by atoms with Crippen LogP contribution in [-0.2, 0) is 0 Å². The van der Waals surface area contributed by atoms with E-state index >= 15 is 0 Å². The molecule has 0 amide bonds. The van der Waals surface area contributed by atoms with Crippen LogP contribution in [0.5, 0.6) is 0 Å². The maximum atomic E-state index is 9.75. The third kappa shape index (κ3) is 3.45. The molecule has 0 saturated heterocycles. The van der Waals surface area contributed by atoms with E-state index in [-0.39, 0.29) is 11.5 Å². The summed E-state index contributed by atoms with van der Waals surface area (Å²) in [6.07, 6.45) is 6.58. The normalized spacial score (nSPS) is 30.3. The molecule has 0 saturated carbocycles. The summed E-state index contributed by atoms with van der Waals surface area (Å²) in [6, 6.07) is 0. The number of hydrogen-bond donors (Lipinski definition) is 1. The molecule has 0 radical (unpaired) electrons. The first kappa shape index (κ1) is 14.5. The van der Waals surface area contributed by atoms with Crippen molar-refractivity contribution in [3.63, 3.8) is 0 Å². The van der Waals surface area contributed by atoms with Crippen LogP contribution in [-0.4, -0.2) is 11.2 Å². The van der Waals surface area contributed by atoms with Gasteiger partial charge in [0.2, 0.25) is 0 Å². The summed E-state index contributed by atoms with van der Waals surface area (Å²) in [5.74, 6) is 1.38. The van der Waals surface area contributed by atoms with Gasteiger partial charge in [0.1, 0.15) is 0 Å². The van der Waals surface area contributed by atoms with Gasteiger partial charge in [0.15, 0.2) is 0 Å².